The Kier molecular flexibility index (Phi) is 5.44. The highest BCUT2D eigenvalue weighted by molar-refractivity contribution is 14.1. The molecule has 0 atom stereocenters. The van der Waals surface area contributed by atoms with Crippen molar-refractivity contribution < 1.29 is 9.53 Å². The molecule has 0 saturated heterocycles. The van der Waals surface area contributed by atoms with E-state index in [0.29, 0.717) is 18.7 Å². The van der Waals surface area contributed by atoms with Gasteiger partial charge in [0.2, 0.25) is 5.91 Å². The van der Waals surface area contributed by atoms with E-state index in [2.05, 4.69) is 27.9 Å². The zero-order valence-corrected chi connectivity index (χ0v) is 13.9. The molecule has 3 N–H and O–H groups in total. The van der Waals surface area contributed by atoms with E-state index in [1.807, 2.05) is 49.4 Å². The molecule has 0 bridgehead atoms. The maximum absolute atomic E-state index is 11.9. The van der Waals surface area contributed by atoms with Crippen LogP contribution >= 0.6 is 22.6 Å². The first-order valence-corrected chi connectivity index (χ1v) is 7.68. The van der Waals surface area contributed by atoms with Crippen LogP contribution in [0, 0.1) is 10.5 Å². The van der Waals surface area contributed by atoms with E-state index < -0.39 is 0 Å². The van der Waals surface area contributed by atoms with Gasteiger partial charge < -0.3 is 15.8 Å². The molecule has 0 fully saturated rings. The molecule has 1 amide bonds. The van der Waals surface area contributed by atoms with Crippen LogP contribution in [-0.2, 0) is 4.79 Å². The van der Waals surface area contributed by atoms with Crippen molar-refractivity contribution in [2.75, 3.05) is 17.7 Å². The highest BCUT2D eigenvalue weighted by Crippen LogP contribution is 2.21. The van der Waals surface area contributed by atoms with Crippen LogP contribution in [0.3, 0.4) is 0 Å². The largest absolute Gasteiger partial charge is 0.492 e. The van der Waals surface area contributed by atoms with Gasteiger partial charge in [-0.25, -0.2) is 0 Å². The minimum absolute atomic E-state index is 0.0883. The summed E-state index contributed by atoms with van der Waals surface area (Å²) in [5.41, 5.74) is 8.11. The van der Waals surface area contributed by atoms with Gasteiger partial charge in [-0.3, -0.25) is 4.79 Å². The van der Waals surface area contributed by atoms with Gasteiger partial charge in [0.1, 0.15) is 5.75 Å². The minimum Gasteiger partial charge on any atom is -0.492 e. The number of nitrogen functional groups attached to an aromatic ring is 1. The summed E-state index contributed by atoms with van der Waals surface area (Å²) in [6.45, 7) is 2.22. The van der Waals surface area contributed by atoms with Crippen LogP contribution in [0.1, 0.15) is 12.0 Å². The lowest BCUT2D eigenvalue weighted by Crippen LogP contribution is -2.16. The van der Waals surface area contributed by atoms with Gasteiger partial charge in [0, 0.05) is 11.4 Å². The summed E-state index contributed by atoms with van der Waals surface area (Å²) in [4.78, 5) is 11.9. The third-order valence-electron chi connectivity index (χ3n) is 3.07. The Morgan fingerprint density at radius 3 is 2.76 bits per heavy atom. The molecule has 0 radical (unpaired) electrons. The Morgan fingerprint density at radius 1 is 1.24 bits per heavy atom. The number of hydrogen-bond acceptors (Lipinski definition) is 3. The van der Waals surface area contributed by atoms with E-state index in [0.717, 1.165) is 20.6 Å². The van der Waals surface area contributed by atoms with Gasteiger partial charge in [-0.05, 0) is 59.3 Å². The van der Waals surface area contributed by atoms with E-state index >= 15 is 0 Å². The Hall–Kier alpha value is -1.76. The maximum Gasteiger partial charge on any atom is 0.227 e. The van der Waals surface area contributed by atoms with Gasteiger partial charge in [-0.15, -0.1) is 0 Å². The van der Waals surface area contributed by atoms with Crippen LogP contribution in [0.15, 0.2) is 42.5 Å². The normalized spacial score (nSPS) is 10.2. The molecular formula is C16H17IN2O2. The summed E-state index contributed by atoms with van der Waals surface area (Å²) < 4.78 is 6.64. The number of halogens is 1. The highest BCUT2D eigenvalue weighted by Gasteiger charge is 2.07. The first-order valence-electron chi connectivity index (χ1n) is 6.60. The van der Waals surface area contributed by atoms with Crippen LogP contribution in [0.5, 0.6) is 5.75 Å². The van der Waals surface area contributed by atoms with Gasteiger partial charge in [0.05, 0.1) is 16.6 Å². The third-order valence-corrected chi connectivity index (χ3v) is 3.96. The Balaban J connectivity index is 1.85. The lowest BCUT2D eigenvalue weighted by Gasteiger charge is -2.11. The molecule has 0 spiro atoms. The molecule has 5 heteroatoms. The third kappa shape index (κ3) is 4.35. The predicted octanol–water partition coefficient (Wildman–Crippen LogP) is 3.59. The van der Waals surface area contributed by atoms with Crippen LogP contribution in [0.25, 0.3) is 0 Å². The number of amides is 1. The number of hydrogen-bond donors (Lipinski definition) is 2. The zero-order chi connectivity index (χ0) is 15.2. The van der Waals surface area contributed by atoms with Gasteiger partial charge in [-0.2, -0.15) is 0 Å². The molecule has 0 aliphatic rings. The SMILES string of the molecule is Cc1c(N)cccc1NC(=O)CCOc1ccccc1I. The van der Waals surface area contributed by atoms with E-state index in [9.17, 15) is 4.79 Å². The number of nitrogens with two attached hydrogens (primary N) is 1. The number of para-hydroxylation sites is 1. The molecule has 4 nitrogen and oxygen atoms in total. The molecule has 0 aliphatic heterocycles. The molecule has 0 aliphatic carbocycles. The fourth-order valence-corrected chi connectivity index (χ4v) is 2.36. The van der Waals surface area contributed by atoms with Crippen LogP contribution < -0.4 is 15.8 Å². The number of ether oxygens (including phenoxy) is 1. The number of benzene rings is 2. The maximum atomic E-state index is 11.9. The number of anilines is 2. The average Bonchev–Trinajstić information content (AvgIpc) is 2.46. The minimum atomic E-state index is -0.0883. The van der Waals surface area contributed by atoms with E-state index in [1.54, 1.807) is 0 Å². The Labute approximate surface area is 137 Å². The molecule has 0 saturated carbocycles. The van der Waals surface area contributed by atoms with E-state index in [1.165, 1.54) is 0 Å². The fourth-order valence-electron chi connectivity index (χ4n) is 1.82. The molecular weight excluding hydrogens is 379 g/mol. The van der Waals surface area contributed by atoms with Gasteiger partial charge >= 0.3 is 0 Å². The van der Waals surface area contributed by atoms with Crippen LogP contribution in [0.4, 0.5) is 11.4 Å². The van der Waals surface area contributed by atoms with Crippen LogP contribution in [0.2, 0.25) is 0 Å². The van der Waals surface area contributed by atoms with Crippen molar-refractivity contribution in [1.29, 1.82) is 0 Å². The second kappa shape index (κ2) is 7.31. The first kappa shape index (κ1) is 15.6. The van der Waals surface area contributed by atoms with Crippen LogP contribution in [-0.4, -0.2) is 12.5 Å². The number of carbonyl (C=O) groups is 1. The van der Waals surface area contributed by atoms with Gasteiger partial charge in [0.15, 0.2) is 0 Å². The predicted molar refractivity (Wildman–Crippen MR) is 93.5 cm³/mol. The van der Waals surface area contributed by atoms with E-state index in [4.69, 9.17) is 10.5 Å². The average molecular weight is 396 g/mol. The molecule has 110 valence electrons. The lowest BCUT2D eigenvalue weighted by atomic mass is 10.1. The molecule has 0 heterocycles. The van der Waals surface area contributed by atoms with Gasteiger partial charge in [-0.1, -0.05) is 18.2 Å². The second-order valence-corrected chi connectivity index (χ2v) is 5.76. The van der Waals surface area contributed by atoms with Crippen molar-refractivity contribution >= 4 is 39.9 Å². The summed E-state index contributed by atoms with van der Waals surface area (Å²) in [6, 6.07) is 13.2. The standard InChI is InChI=1S/C16H17IN2O2/c1-11-13(18)6-4-7-14(11)19-16(20)9-10-21-15-8-3-2-5-12(15)17/h2-8H,9-10,18H2,1H3,(H,19,20). The quantitative estimate of drug-likeness (QED) is 0.600. The summed E-state index contributed by atoms with van der Waals surface area (Å²) in [6.07, 6.45) is 0.291. The smallest absolute Gasteiger partial charge is 0.227 e. The molecule has 2 rings (SSSR count). The summed E-state index contributed by atoms with van der Waals surface area (Å²) in [5.74, 6) is 0.709. The van der Waals surface area contributed by atoms with E-state index in [-0.39, 0.29) is 5.91 Å². The first-order chi connectivity index (χ1) is 10.1. The Morgan fingerprint density at radius 2 is 2.00 bits per heavy atom. The summed E-state index contributed by atoms with van der Waals surface area (Å²) in [5, 5.41) is 2.85. The van der Waals surface area contributed by atoms with Crippen molar-refractivity contribution in [1.82, 2.24) is 0 Å². The van der Waals surface area contributed by atoms with Crippen molar-refractivity contribution in [3.8, 4) is 5.75 Å². The van der Waals surface area contributed by atoms with Crippen molar-refractivity contribution in [2.24, 2.45) is 0 Å². The second-order valence-electron chi connectivity index (χ2n) is 4.60. The summed E-state index contributed by atoms with van der Waals surface area (Å²) >= 11 is 2.20. The summed E-state index contributed by atoms with van der Waals surface area (Å²) in [7, 11) is 0. The number of carbonyl (C=O) groups excluding carboxylic acids is 1. The number of nitrogens with one attached hydrogen (secondary N) is 1. The zero-order valence-electron chi connectivity index (χ0n) is 11.7. The van der Waals surface area contributed by atoms with Crippen molar-refractivity contribution in [2.45, 2.75) is 13.3 Å². The lowest BCUT2D eigenvalue weighted by molar-refractivity contribution is -0.116. The topological polar surface area (TPSA) is 64.3 Å². The number of rotatable bonds is 5. The van der Waals surface area contributed by atoms with Gasteiger partial charge in [0.25, 0.3) is 0 Å². The molecule has 0 aromatic heterocycles. The molecule has 21 heavy (non-hydrogen) atoms. The highest BCUT2D eigenvalue weighted by atomic mass is 127. The molecule has 2 aromatic rings. The molecule has 2 aromatic carbocycles. The Bertz CT molecular complexity index is 644. The monoisotopic (exact) mass is 396 g/mol. The van der Waals surface area contributed by atoms with Crippen molar-refractivity contribution in [3.63, 3.8) is 0 Å². The van der Waals surface area contributed by atoms with Crippen molar-refractivity contribution in [3.05, 3.63) is 51.6 Å². The fraction of sp³-hybridized carbons (Fsp3) is 0.188. The molecule has 0 unspecified atom stereocenters.